The molecule has 3 aromatic rings. The second-order valence-electron chi connectivity index (χ2n) is 8.85. The van der Waals surface area contributed by atoms with Crippen molar-refractivity contribution in [2.45, 2.75) is 77.1 Å². The summed E-state index contributed by atoms with van der Waals surface area (Å²) >= 11 is 0. The van der Waals surface area contributed by atoms with Crippen molar-refractivity contribution >= 4 is 10.9 Å². The lowest BCUT2D eigenvalue weighted by atomic mass is 10.0. The normalized spacial score (nSPS) is 11.4. The molecule has 0 saturated carbocycles. The van der Waals surface area contributed by atoms with Crippen molar-refractivity contribution in [2.24, 2.45) is 0 Å². The number of aromatic nitrogens is 1. The van der Waals surface area contributed by atoms with E-state index in [1.807, 2.05) is 48.5 Å². The number of hydrogen-bond acceptors (Lipinski definition) is 4. The van der Waals surface area contributed by atoms with Crippen molar-refractivity contribution < 1.29 is 18.9 Å². The highest BCUT2D eigenvalue weighted by Crippen LogP contribution is 2.26. The van der Waals surface area contributed by atoms with Gasteiger partial charge in [-0.1, -0.05) is 81.0 Å². The molecule has 0 unspecified atom stereocenters. The van der Waals surface area contributed by atoms with E-state index in [-0.39, 0.29) is 6.29 Å². The first-order valence-electron chi connectivity index (χ1n) is 12.6. The molecule has 0 aliphatic heterocycles. The molecular weight excluding hydrogens is 426 g/mol. The minimum atomic E-state index is -0.0665. The molecule has 1 heterocycles. The van der Waals surface area contributed by atoms with E-state index >= 15 is 0 Å². The van der Waals surface area contributed by atoms with Crippen LogP contribution in [0.5, 0.6) is 5.75 Å². The smallest absolute Gasteiger partial charge is 0.227 e. The van der Waals surface area contributed by atoms with Gasteiger partial charge < -0.3 is 19.4 Å². The number of fused-ring (bicyclic) bond motifs is 1. The van der Waals surface area contributed by atoms with Crippen molar-refractivity contribution in [1.29, 1.82) is 0 Å². The largest absolute Gasteiger partial charge is 0.618 e. The predicted molar refractivity (Wildman–Crippen MR) is 137 cm³/mol. The molecule has 0 aliphatic rings. The zero-order valence-corrected chi connectivity index (χ0v) is 20.7. The van der Waals surface area contributed by atoms with E-state index in [0.717, 1.165) is 59.2 Å². The Kier molecular flexibility index (Phi) is 11.2. The highest BCUT2D eigenvalue weighted by atomic mass is 16.7. The van der Waals surface area contributed by atoms with Crippen LogP contribution in [0.4, 0.5) is 0 Å². The SMILES string of the molecule is COC(CCCCCCCCCCc1cc(OCc2ccccc2)c2ccccc2[n+]1[O-])OC. The number of pyridine rings is 1. The fourth-order valence-corrected chi connectivity index (χ4v) is 4.34. The van der Waals surface area contributed by atoms with Crippen LogP contribution < -0.4 is 9.47 Å². The molecule has 0 radical (unpaired) electrons. The van der Waals surface area contributed by atoms with Gasteiger partial charge in [-0.3, -0.25) is 0 Å². The molecule has 0 atom stereocenters. The third-order valence-corrected chi connectivity index (χ3v) is 6.33. The van der Waals surface area contributed by atoms with Gasteiger partial charge in [0.2, 0.25) is 5.52 Å². The molecule has 2 aromatic carbocycles. The van der Waals surface area contributed by atoms with Crippen LogP contribution in [0.1, 0.15) is 69.0 Å². The summed E-state index contributed by atoms with van der Waals surface area (Å²) in [5.74, 6) is 0.783. The maximum Gasteiger partial charge on any atom is 0.227 e. The Morgan fingerprint density at radius 1 is 0.765 bits per heavy atom. The van der Waals surface area contributed by atoms with Crippen molar-refractivity contribution in [3.8, 4) is 5.75 Å². The molecule has 5 nitrogen and oxygen atoms in total. The molecule has 34 heavy (non-hydrogen) atoms. The van der Waals surface area contributed by atoms with E-state index in [9.17, 15) is 5.21 Å². The second kappa shape index (κ2) is 14.6. The van der Waals surface area contributed by atoms with E-state index in [1.165, 1.54) is 32.1 Å². The molecule has 3 rings (SSSR count). The Labute approximate surface area is 204 Å². The highest BCUT2D eigenvalue weighted by molar-refractivity contribution is 5.82. The molecule has 0 fully saturated rings. The van der Waals surface area contributed by atoms with Gasteiger partial charge in [-0.2, -0.15) is 4.73 Å². The van der Waals surface area contributed by atoms with E-state index < -0.39 is 0 Å². The van der Waals surface area contributed by atoms with Crippen molar-refractivity contribution in [1.82, 2.24) is 0 Å². The van der Waals surface area contributed by atoms with Gasteiger partial charge in [-0.25, -0.2) is 0 Å². The quantitative estimate of drug-likeness (QED) is 0.102. The average molecular weight is 466 g/mol. The summed E-state index contributed by atoms with van der Waals surface area (Å²) < 4.78 is 17.7. The molecule has 1 aromatic heterocycles. The molecular formula is C29H39NO4. The first-order valence-corrected chi connectivity index (χ1v) is 12.6. The molecule has 184 valence electrons. The van der Waals surface area contributed by atoms with Crippen LogP contribution >= 0.6 is 0 Å². The first-order chi connectivity index (χ1) is 16.7. The topological polar surface area (TPSA) is 54.6 Å². The van der Waals surface area contributed by atoms with Crippen LogP contribution in [0, 0.1) is 5.21 Å². The monoisotopic (exact) mass is 465 g/mol. The summed E-state index contributed by atoms with van der Waals surface area (Å²) in [4.78, 5) is 0. The number of ether oxygens (including phenoxy) is 3. The number of methoxy groups -OCH3 is 2. The third kappa shape index (κ3) is 8.00. The van der Waals surface area contributed by atoms with Crippen LogP contribution in [0.3, 0.4) is 0 Å². The van der Waals surface area contributed by atoms with Crippen LogP contribution in [-0.4, -0.2) is 20.5 Å². The van der Waals surface area contributed by atoms with Crippen LogP contribution in [-0.2, 0) is 22.5 Å². The van der Waals surface area contributed by atoms with Gasteiger partial charge in [-0.15, -0.1) is 0 Å². The minimum absolute atomic E-state index is 0.0665. The van der Waals surface area contributed by atoms with E-state index in [0.29, 0.717) is 12.1 Å². The molecule has 0 saturated heterocycles. The Bertz CT molecular complexity index is 973. The first kappa shape index (κ1) is 26.0. The lowest BCUT2D eigenvalue weighted by molar-refractivity contribution is -0.586. The van der Waals surface area contributed by atoms with Crippen LogP contribution in [0.25, 0.3) is 10.9 Å². The Balaban J connectivity index is 1.44. The molecule has 0 amide bonds. The van der Waals surface area contributed by atoms with Crippen molar-refractivity contribution in [3.05, 3.63) is 77.1 Å². The lowest BCUT2D eigenvalue weighted by Gasteiger charge is -2.13. The van der Waals surface area contributed by atoms with E-state index in [1.54, 1.807) is 14.2 Å². The number of aryl methyl sites for hydroxylation is 1. The predicted octanol–water partition coefficient (Wildman–Crippen LogP) is 6.72. The molecule has 0 bridgehead atoms. The zero-order chi connectivity index (χ0) is 24.0. The Hall–Kier alpha value is -2.63. The van der Waals surface area contributed by atoms with Gasteiger partial charge in [0, 0.05) is 32.8 Å². The number of benzene rings is 2. The third-order valence-electron chi connectivity index (χ3n) is 6.33. The van der Waals surface area contributed by atoms with Crippen LogP contribution in [0.15, 0.2) is 60.7 Å². The maximum absolute atomic E-state index is 13.0. The number of rotatable bonds is 16. The van der Waals surface area contributed by atoms with E-state index in [4.69, 9.17) is 14.2 Å². The van der Waals surface area contributed by atoms with Gasteiger partial charge >= 0.3 is 0 Å². The van der Waals surface area contributed by atoms with Gasteiger partial charge in [0.25, 0.3) is 0 Å². The average Bonchev–Trinajstić information content (AvgIpc) is 2.88. The summed E-state index contributed by atoms with van der Waals surface area (Å²) in [6, 6.07) is 19.8. The Morgan fingerprint density at radius 3 is 2.09 bits per heavy atom. The minimum Gasteiger partial charge on any atom is -0.618 e. The van der Waals surface area contributed by atoms with Crippen molar-refractivity contribution in [3.63, 3.8) is 0 Å². The number of hydrogen-bond donors (Lipinski definition) is 0. The number of para-hydroxylation sites is 1. The van der Waals surface area contributed by atoms with Gasteiger partial charge in [0.05, 0.1) is 5.39 Å². The standard InChI is InChI=1S/C29H39NO4/c1-32-29(33-2)21-13-8-6-4-3-5-7-12-18-25-22-28(34-23-24-16-10-9-11-17-24)26-19-14-15-20-27(26)30(25)31/h9-11,14-17,19-20,22,29H,3-8,12-13,18,21,23H2,1-2H3. The second-order valence-corrected chi connectivity index (χ2v) is 8.85. The number of unbranched alkanes of at least 4 members (excludes halogenated alkanes) is 7. The summed E-state index contributed by atoms with van der Waals surface area (Å²) in [5, 5.41) is 13.8. The van der Waals surface area contributed by atoms with Crippen LogP contribution in [0.2, 0.25) is 0 Å². The fourth-order valence-electron chi connectivity index (χ4n) is 4.34. The fraction of sp³-hybridized carbons (Fsp3) is 0.483. The van der Waals surface area contributed by atoms with Gasteiger partial charge in [0.15, 0.2) is 12.0 Å². The summed E-state index contributed by atoms with van der Waals surface area (Å²) in [5.41, 5.74) is 2.57. The molecule has 0 aliphatic carbocycles. The lowest BCUT2D eigenvalue weighted by Crippen LogP contribution is -2.33. The summed E-state index contributed by atoms with van der Waals surface area (Å²) in [6.45, 7) is 0.491. The summed E-state index contributed by atoms with van der Waals surface area (Å²) in [7, 11) is 3.39. The van der Waals surface area contributed by atoms with Gasteiger partial charge in [0.1, 0.15) is 12.4 Å². The Morgan fingerprint density at radius 2 is 1.38 bits per heavy atom. The highest BCUT2D eigenvalue weighted by Gasteiger charge is 2.16. The zero-order valence-electron chi connectivity index (χ0n) is 20.7. The number of nitrogens with zero attached hydrogens (tertiary/aromatic N) is 1. The summed E-state index contributed by atoms with van der Waals surface area (Å²) in [6.07, 6.45) is 11.2. The van der Waals surface area contributed by atoms with Gasteiger partial charge in [-0.05, 0) is 30.9 Å². The maximum atomic E-state index is 13.0. The molecule has 5 heteroatoms. The van der Waals surface area contributed by atoms with Crippen molar-refractivity contribution in [2.75, 3.05) is 14.2 Å². The molecule has 0 spiro atoms. The molecule has 0 N–H and O–H groups in total. The van der Waals surface area contributed by atoms with E-state index in [2.05, 4.69) is 12.1 Å².